The summed E-state index contributed by atoms with van der Waals surface area (Å²) in [5.41, 5.74) is 1.37. The van der Waals surface area contributed by atoms with Gasteiger partial charge in [-0.2, -0.15) is 0 Å². The molecule has 0 aliphatic carbocycles. The van der Waals surface area contributed by atoms with E-state index in [9.17, 15) is 0 Å². The Labute approximate surface area is 111 Å². The van der Waals surface area contributed by atoms with Gasteiger partial charge < -0.3 is 10.2 Å². The van der Waals surface area contributed by atoms with Gasteiger partial charge in [0.15, 0.2) is 0 Å². The van der Waals surface area contributed by atoms with Crippen LogP contribution >= 0.6 is 0 Å². The molecule has 1 aliphatic heterocycles. The lowest BCUT2D eigenvalue weighted by Gasteiger charge is -2.36. The van der Waals surface area contributed by atoms with E-state index in [0.29, 0.717) is 12.1 Å². The monoisotopic (exact) mass is 246 g/mol. The maximum absolute atomic E-state index is 3.76. The van der Waals surface area contributed by atoms with Gasteiger partial charge in [0, 0.05) is 30.9 Å². The number of benzene rings is 1. The zero-order valence-corrected chi connectivity index (χ0v) is 11.9. The number of para-hydroxylation sites is 1. The normalized spacial score (nSPS) is 19.2. The van der Waals surface area contributed by atoms with Crippen molar-refractivity contribution in [2.24, 2.45) is 5.92 Å². The lowest BCUT2D eigenvalue weighted by molar-refractivity contribution is 0.331. The highest BCUT2D eigenvalue weighted by atomic mass is 15.1. The van der Waals surface area contributed by atoms with Crippen LogP contribution < -0.4 is 10.2 Å². The molecule has 1 aliphatic rings. The zero-order valence-electron chi connectivity index (χ0n) is 11.9. The van der Waals surface area contributed by atoms with Crippen LogP contribution in [-0.2, 0) is 0 Å². The van der Waals surface area contributed by atoms with E-state index in [4.69, 9.17) is 0 Å². The fourth-order valence-corrected chi connectivity index (χ4v) is 2.51. The molecule has 0 aromatic heterocycles. The SMILES string of the molecule is CC(C)C(C)NC1CCN(c2ccccc2)CC1. The molecule has 1 aromatic carbocycles. The Kier molecular flexibility index (Phi) is 4.65. The van der Waals surface area contributed by atoms with Crippen molar-refractivity contribution in [1.29, 1.82) is 0 Å². The molecule has 0 radical (unpaired) electrons. The van der Waals surface area contributed by atoms with Crippen molar-refractivity contribution >= 4 is 5.69 Å². The van der Waals surface area contributed by atoms with Crippen LogP contribution in [0, 0.1) is 5.92 Å². The molecule has 0 bridgehead atoms. The quantitative estimate of drug-likeness (QED) is 0.877. The van der Waals surface area contributed by atoms with E-state index in [1.165, 1.54) is 31.6 Å². The van der Waals surface area contributed by atoms with Gasteiger partial charge in [0.25, 0.3) is 0 Å². The summed E-state index contributed by atoms with van der Waals surface area (Å²) in [7, 11) is 0. The van der Waals surface area contributed by atoms with Crippen LogP contribution in [0.1, 0.15) is 33.6 Å². The Hall–Kier alpha value is -1.02. The lowest BCUT2D eigenvalue weighted by Crippen LogP contribution is -2.46. The number of nitrogens with zero attached hydrogens (tertiary/aromatic N) is 1. The summed E-state index contributed by atoms with van der Waals surface area (Å²) in [6.07, 6.45) is 2.51. The Morgan fingerprint density at radius 3 is 2.22 bits per heavy atom. The number of hydrogen-bond donors (Lipinski definition) is 1. The number of rotatable bonds is 4. The maximum Gasteiger partial charge on any atom is 0.0366 e. The topological polar surface area (TPSA) is 15.3 Å². The second-order valence-corrected chi connectivity index (χ2v) is 5.80. The predicted molar refractivity (Wildman–Crippen MR) is 79.1 cm³/mol. The average Bonchev–Trinajstić information content (AvgIpc) is 2.40. The highest BCUT2D eigenvalue weighted by molar-refractivity contribution is 5.46. The van der Waals surface area contributed by atoms with Crippen LogP contribution in [0.3, 0.4) is 0 Å². The third-order valence-electron chi connectivity index (χ3n) is 4.11. The molecule has 1 atom stereocenters. The van der Waals surface area contributed by atoms with Gasteiger partial charge in [0.1, 0.15) is 0 Å². The Bertz CT molecular complexity index is 339. The molecule has 1 aromatic rings. The summed E-state index contributed by atoms with van der Waals surface area (Å²) in [5, 5.41) is 3.76. The lowest BCUT2D eigenvalue weighted by atomic mass is 10.00. The molecule has 1 saturated heterocycles. The van der Waals surface area contributed by atoms with Crippen molar-refractivity contribution in [2.75, 3.05) is 18.0 Å². The first-order valence-corrected chi connectivity index (χ1v) is 7.23. The second-order valence-electron chi connectivity index (χ2n) is 5.80. The van der Waals surface area contributed by atoms with E-state index in [1.54, 1.807) is 0 Å². The van der Waals surface area contributed by atoms with Crippen LogP contribution in [-0.4, -0.2) is 25.2 Å². The molecule has 100 valence electrons. The summed E-state index contributed by atoms with van der Waals surface area (Å²) >= 11 is 0. The fraction of sp³-hybridized carbons (Fsp3) is 0.625. The molecule has 0 saturated carbocycles. The zero-order chi connectivity index (χ0) is 13.0. The van der Waals surface area contributed by atoms with Gasteiger partial charge in [-0.25, -0.2) is 0 Å². The summed E-state index contributed by atoms with van der Waals surface area (Å²) in [5.74, 6) is 0.720. The fourth-order valence-electron chi connectivity index (χ4n) is 2.51. The van der Waals surface area contributed by atoms with Gasteiger partial charge in [-0.05, 0) is 37.8 Å². The highest BCUT2D eigenvalue weighted by Gasteiger charge is 2.21. The van der Waals surface area contributed by atoms with Crippen molar-refractivity contribution in [3.63, 3.8) is 0 Å². The Morgan fingerprint density at radius 2 is 1.67 bits per heavy atom. The summed E-state index contributed by atoms with van der Waals surface area (Å²) < 4.78 is 0. The van der Waals surface area contributed by atoms with Gasteiger partial charge in [-0.15, -0.1) is 0 Å². The molecule has 0 spiro atoms. The molecule has 18 heavy (non-hydrogen) atoms. The van der Waals surface area contributed by atoms with Crippen LogP contribution in [0.2, 0.25) is 0 Å². The minimum Gasteiger partial charge on any atom is -0.371 e. The van der Waals surface area contributed by atoms with Gasteiger partial charge in [-0.1, -0.05) is 32.0 Å². The van der Waals surface area contributed by atoms with Crippen LogP contribution in [0.4, 0.5) is 5.69 Å². The molecule has 1 heterocycles. The van der Waals surface area contributed by atoms with Crippen LogP contribution in [0.25, 0.3) is 0 Å². The number of piperidine rings is 1. The average molecular weight is 246 g/mol. The first kappa shape index (κ1) is 13.4. The molecule has 2 heteroatoms. The molecule has 1 fully saturated rings. The van der Waals surface area contributed by atoms with Crippen molar-refractivity contribution in [3.8, 4) is 0 Å². The maximum atomic E-state index is 3.76. The Balaban J connectivity index is 1.81. The molecular weight excluding hydrogens is 220 g/mol. The molecule has 2 nitrogen and oxygen atoms in total. The van der Waals surface area contributed by atoms with Crippen molar-refractivity contribution < 1.29 is 0 Å². The van der Waals surface area contributed by atoms with Crippen molar-refractivity contribution in [2.45, 2.75) is 45.7 Å². The van der Waals surface area contributed by atoms with E-state index in [-0.39, 0.29) is 0 Å². The Morgan fingerprint density at radius 1 is 1.06 bits per heavy atom. The number of nitrogens with one attached hydrogen (secondary N) is 1. The molecular formula is C16H26N2. The molecule has 1 N–H and O–H groups in total. The number of hydrogen-bond acceptors (Lipinski definition) is 2. The van der Waals surface area contributed by atoms with Crippen LogP contribution in [0.5, 0.6) is 0 Å². The first-order chi connectivity index (χ1) is 8.66. The highest BCUT2D eigenvalue weighted by Crippen LogP contribution is 2.20. The predicted octanol–water partition coefficient (Wildman–Crippen LogP) is 3.29. The van der Waals surface area contributed by atoms with E-state index < -0.39 is 0 Å². The van der Waals surface area contributed by atoms with E-state index in [2.05, 4.69) is 61.3 Å². The molecule has 0 amide bonds. The largest absolute Gasteiger partial charge is 0.371 e. The minimum atomic E-state index is 0.623. The molecule has 1 unspecified atom stereocenters. The number of anilines is 1. The van der Waals surface area contributed by atoms with E-state index in [1.807, 2.05) is 0 Å². The van der Waals surface area contributed by atoms with Gasteiger partial charge in [0.2, 0.25) is 0 Å². The smallest absolute Gasteiger partial charge is 0.0366 e. The van der Waals surface area contributed by atoms with Gasteiger partial charge in [-0.3, -0.25) is 0 Å². The van der Waals surface area contributed by atoms with E-state index >= 15 is 0 Å². The van der Waals surface area contributed by atoms with Gasteiger partial charge in [0.05, 0.1) is 0 Å². The third kappa shape index (κ3) is 3.49. The van der Waals surface area contributed by atoms with Gasteiger partial charge >= 0.3 is 0 Å². The van der Waals surface area contributed by atoms with Crippen molar-refractivity contribution in [1.82, 2.24) is 5.32 Å². The third-order valence-corrected chi connectivity index (χ3v) is 4.11. The van der Waals surface area contributed by atoms with E-state index in [0.717, 1.165) is 5.92 Å². The standard InChI is InChI=1S/C16H26N2/c1-13(2)14(3)17-15-9-11-18(12-10-15)16-7-5-4-6-8-16/h4-8,13-15,17H,9-12H2,1-3H3. The second kappa shape index (κ2) is 6.24. The summed E-state index contributed by atoms with van der Waals surface area (Å²) in [4.78, 5) is 2.50. The van der Waals surface area contributed by atoms with Crippen LogP contribution in [0.15, 0.2) is 30.3 Å². The van der Waals surface area contributed by atoms with Crippen molar-refractivity contribution in [3.05, 3.63) is 30.3 Å². The first-order valence-electron chi connectivity index (χ1n) is 7.23. The summed E-state index contributed by atoms with van der Waals surface area (Å²) in [6.45, 7) is 9.22. The summed E-state index contributed by atoms with van der Waals surface area (Å²) in [6, 6.07) is 12.1. The minimum absolute atomic E-state index is 0.623. The molecule has 2 rings (SSSR count).